The third-order valence-corrected chi connectivity index (χ3v) is 4.59. The third kappa shape index (κ3) is 3.07. The number of amides is 1. The van der Waals surface area contributed by atoms with Gasteiger partial charge in [0.1, 0.15) is 5.01 Å². The molecule has 1 aliphatic carbocycles. The molecule has 0 fully saturated rings. The fraction of sp³-hybridized carbons (Fsp3) is 0.500. The number of carboxylic acid groups (broad SMARTS) is 1. The van der Waals surface area contributed by atoms with Gasteiger partial charge in [-0.05, 0) is 26.7 Å². The Balaban J connectivity index is 2.11. The van der Waals surface area contributed by atoms with E-state index >= 15 is 0 Å². The summed E-state index contributed by atoms with van der Waals surface area (Å²) in [5, 5.41) is 14.8. The van der Waals surface area contributed by atoms with Crippen molar-refractivity contribution in [3.8, 4) is 0 Å². The second kappa shape index (κ2) is 5.75. The number of nitrogens with zero attached hydrogens (tertiary/aromatic N) is 1. The average molecular weight is 294 g/mol. The van der Waals surface area contributed by atoms with Crippen LogP contribution < -0.4 is 5.32 Å². The van der Waals surface area contributed by atoms with Crippen molar-refractivity contribution >= 4 is 23.2 Å². The molecule has 1 aromatic rings. The summed E-state index contributed by atoms with van der Waals surface area (Å²) in [6.45, 7) is 3.75. The van der Waals surface area contributed by atoms with Gasteiger partial charge in [0.15, 0.2) is 0 Å². The van der Waals surface area contributed by atoms with Gasteiger partial charge in [-0.15, -0.1) is 11.3 Å². The molecule has 2 rings (SSSR count). The lowest BCUT2D eigenvalue weighted by Gasteiger charge is -2.30. The number of aliphatic carboxylic acids is 1. The van der Waals surface area contributed by atoms with Gasteiger partial charge in [0.2, 0.25) is 5.91 Å². The highest BCUT2D eigenvalue weighted by Gasteiger charge is 2.36. The molecule has 108 valence electrons. The zero-order valence-corrected chi connectivity index (χ0v) is 12.3. The molecule has 0 aliphatic heterocycles. The summed E-state index contributed by atoms with van der Waals surface area (Å²) >= 11 is 1.47. The predicted molar refractivity (Wildman–Crippen MR) is 76.3 cm³/mol. The smallest absolute Gasteiger partial charge is 0.307 e. The van der Waals surface area contributed by atoms with Crippen LogP contribution in [-0.2, 0) is 15.1 Å². The molecule has 1 aromatic heterocycles. The maximum absolute atomic E-state index is 12.4. The van der Waals surface area contributed by atoms with E-state index in [1.165, 1.54) is 11.3 Å². The molecular weight excluding hydrogens is 276 g/mol. The van der Waals surface area contributed by atoms with Gasteiger partial charge < -0.3 is 10.4 Å². The van der Waals surface area contributed by atoms with Crippen molar-refractivity contribution in [1.82, 2.24) is 10.3 Å². The lowest BCUT2D eigenvalue weighted by molar-refractivity contribution is -0.147. The fourth-order valence-corrected chi connectivity index (χ4v) is 3.08. The van der Waals surface area contributed by atoms with Crippen molar-refractivity contribution in [3.63, 3.8) is 0 Å². The van der Waals surface area contributed by atoms with Gasteiger partial charge >= 0.3 is 5.97 Å². The number of carbonyl (C=O) groups is 2. The van der Waals surface area contributed by atoms with E-state index in [9.17, 15) is 14.7 Å². The minimum Gasteiger partial charge on any atom is -0.481 e. The fourth-order valence-electron chi connectivity index (χ4n) is 2.36. The van der Waals surface area contributed by atoms with Crippen LogP contribution in [-0.4, -0.2) is 22.0 Å². The largest absolute Gasteiger partial charge is 0.481 e. The molecule has 0 saturated carbocycles. The zero-order chi connectivity index (χ0) is 14.8. The van der Waals surface area contributed by atoms with Gasteiger partial charge in [-0.3, -0.25) is 9.59 Å². The molecule has 1 aliphatic rings. The van der Waals surface area contributed by atoms with Gasteiger partial charge in [0, 0.05) is 11.6 Å². The highest BCUT2D eigenvalue weighted by Crippen LogP contribution is 2.28. The van der Waals surface area contributed by atoms with Crippen molar-refractivity contribution in [2.45, 2.75) is 32.2 Å². The van der Waals surface area contributed by atoms with Crippen molar-refractivity contribution in [1.29, 1.82) is 0 Å². The van der Waals surface area contributed by atoms with Crippen molar-refractivity contribution in [2.75, 3.05) is 0 Å². The summed E-state index contributed by atoms with van der Waals surface area (Å²) < 4.78 is 0. The molecule has 2 unspecified atom stereocenters. The minimum atomic E-state index is -0.915. The van der Waals surface area contributed by atoms with Gasteiger partial charge in [0.25, 0.3) is 0 Å². The number of hydrogen-bond acceptors (Lipinski definition) is 4. The molecule has 0 saturated heterocycles. The first-order valence-electron chi connectivity index (χ1n) is 6.51. The van der Waals surface area contributed by atoms with Crippen LogP contribution in [0.4, 0.5) is 0 Å². The van der Waals surface area contributed by atoms with E-state index < -0.39 is 23.3 Å². The SMILES string of the molecule is CC(C)(NC(=O)C1CC=CCC1C(=O)O)c1nccs1. The average Bonchev–Trinajstić information content (AvgIpc) is 2.92. The van der Waals surface area contributed by atoms with Crippen LogP contribution in [0.2, 0.25) is 0 Å². The molecular formula is C14H18N2O3S. The van der Waals surface area contributed by atoms with Crippen LogP contribution in [0.5, 0.6) is 0 Å². The van der Waals surface area contributed by atoms with Crippen LogP contribution in [0.3, 0.4) is 0 Å². The Morgan fingerprint density at radius 2 is 2.00 bits per heavy atom. The van der Waals surface area contributed by atoms with Crippen LogP contribution in [0.1, 0.15) is 31.7 Å². The topological polar surface area (TPSA) is 79.3 Å². The molecule has 20 heavy (non-hydrogen) atoms. The summed E-state index contributed by atoms with van der Waals surface area (Å²) in [5.74, 6) is -2.30. The molecule has 0 bridgehead atoms. The van der Waals surface area contributed by atoms with Gasteiger partial charge in [-0.25, -0.2) is 4.98 Å². The number of thiazole rings is 1. The normalized spacial score (nSPS) is 22.5. The monoisotopic (exact) mass is 294 g/mol. The van der Waals surface area contributed by atoms with Crippen molar-refractivity contribution < 1.29 is 14.7 Å². The number of allylic oxidation sites excluding steroid dienone is 2. The van der Waals surface area contributed by atoms with Gasteiger partial charge in [-0.2, -0.15) is 0 Å². The Kier molecular flexibility index (Phi) is 4.23. The van der Waals surface area contributed by atoms with E-state index in [4.69, 9.17) is 0 Å². The highest BCUT2D eigenvalue weighted by atomic mass is 32.1. The van der Waals surface area contributed by atoms with Crippen molar-refractivity contribution in [2.24, 2.45) is 11.8 Å². The standard InChI is InChI=1S/C14H18N2O3S/c1-14(2,13-15-7-8-20-13)16-11(17)9-5-3-4-6-10(9)12(18)19/h3-4,7-10H,5-6H2,1-2H3,(H,16,17)(H,18,19). The maximum Gasteiger partial charge on any atom is 0.307 e. The molecule has 5 nitrogen and oxygen atoms in total. The molecule has 6 heteroatoms. The number of carboxylic acids is 1. The van der Waals surface area contributed by atoms with Gasteiger partial charge in [-0.1, -0.05) is 12.2 Å². The Labute approximate surface area is 121 Å². The minimum absolute atomic E-state index is 0.220. The molecule has 2 N–H and O–H groups in total. The number of hydrogen-bond donors (Lipinski definition) is 2. The first-order valence-corrected chi connectivity index (χ1v) is 7.39. The van der Waals surface area contributed by atoms with Crippen LogP contribution in [0.25, 0.3) is 0 Å². The first-order chi connectivity index (χ1) is 9.42. The summed E-state index contributed by atoms with van der Waals surface area (Å²) in [6.07, 6.45) is 6.27. The first kappa shape index (κ1) is 14.7. The van der Waals surface area contributed by atoms with E-state index in [0.29, 0.717) is 12.8 Å². The van der Waals surface area contributed by atoms with Crippen LogP contribution in [0.15, 0.2) is 23.7 Å². The Hall–Kier alpha value is -1.69. The predicted octanol–water partition coefficient (Wildman–Crippen LogP) is 2.16. The summed E-state index contributed by atoms with van der Waals surface area (Å²) in [4.78, 5) is 27.8. The van der Waals surface area contributed by atoms with E-state index in [2.05, 4.69) is 10.3 Å². The quantitative estimate of drug-likeness (QED) is 0.834. The van der Waals surface area contributed by atoms with Gasteiger partial charge in [0.05, 0.1) is 17.4 Å². The van der Waals surface area contributed by atoms with Crippen molar-refractivity contribution in [3.05, 3.63) is 28.7 Å². The molecule has 1 amide bonds. The summed E-state index contributed by atoms with van der Waals surface area (Å²) in [5.41, 5.74) is -0.588. The molecule has 2 atom stereocenters. The number of rotatable bonds is 4. The second-order valence-electron chi connectivity index (χ2n) is 5.45. The number of carbonyl (C=O) groups excluding carboxylic acids is 1. The second-order valence-corrected chi connectivity index (χ2v) is 6.34. The Bertz CT molecular complexity index is 523. The lowest BCUT2D eigenvalue weighted by Crippen LogP contribution is -2.47. The molecule has 0 spiro atoms. The van der Waals surface area contributed by atoms with E-state index in [1.807, 2.05) is 31.4 Å². The molecule has 0 radical (unpaired) electrons. The lowest BCUT2D eigenvalue weighted by atomic mass is 9.82. The summed E-state index contributed by atoms with van der Waals surface area (Å²) in [6, 6.07) is 0. The third-order valence-electron chi connectivity index (χ3n) is 3.49. The van der Waals surface area contributed by atoms with E-state index in [-0.39, 0.29) is 5.91 Å². The number of aromatic nitrogens is 1. The zero-order valence-electron chi connectivity index (χ0n) is 11.5. The summed E-state index contributed by atoms with van der Waals surface area (Å²) in [7, 11) is 0. The highest BCUT2D eigenvalue weighted by molar-refractivity contribution is 7.09. The molecule has 1 heterocycles. The van der Waals surface area contributed by atoms with Crippen LogP contribution in [0, 0.1) is 11.8 Å². The Morgan fingerprint density at radius 3 is 2.55 bits per heavy atom. The van der Waals surface area contributed by atoms with Crippen LogP contribution >= 0.6 is 11.3 Å². The molecule has 0 aromatic carbocycles. The Morgan fingerprint density at radius 1 is 1.35 bits per heavy atom. The van der Waals surface area contributed by atoms with E-state index in [0.717, 1.165) is 5.01 Å². The van der Waals surface area contributed by atoms with E-state index in [1.54, 1.807) is 6.20 Å². The number of nitrogens with one attached hydrogen (secondary N) is 1. The maximum atomic E-state index is 12.4.